The molecule has 0 atom stereocenters. The summed E-state index contributed by atoms with van der Waals surface area (Å²) < 4.78 is 6.94. The normalized spacial score (nSPS) is 10.8. The van der Waals surface area contributed by atoms with Gasteiger partial charge in [-0.05, 0) is 53.5 Å². The van der Waals surface area contributed by atoms with E-state index in [0.29, 0.717) is 28.6 Å². The molecule has 2 heterocycles. The Bertz CT molecular complexity index is 1550. The highest BCUT2D eigenvalue weighted by Gasteiger charge is 2.13. The molecule has 0 radical (unpaired) electrons. The van der Waals surface area contributed by atoms with Gasteiger partial charge in [-0.25, -0.2) is 4.98 Å². The Kier molecular flexibility index (Phi) is 6.60. The molecule has 9 heteroatoms. The quantitative estimate of drug-likeness (QED) is 0.331. The summed E-state index contributed by atoms with van der Waals surface area (Å²) in [4.78, 5) is 17.4. The van der Waals surface area contributed by atoms with Crippen molar-refractivity contribution >= 4 is 48.0 Å². The van der Waals surface area contributed by atoms with E-state index in [-0.39, 0.29) is 5.91 Å². The molecule has 0 unspecified atom stereocenters. The lowest BCUT2D eigenvalue weighted by atomic mass is 10.0. The molecule has 178 valence electrons. The van der Waals surface area contributed by atoms with Gasteiger partial charge in [0.2, 0.25) is 0 Å². The van der Waals surface area contributed by atoms with Crippen LogP contribution in [0.15, 0.2) is 85.1 Å². The number of hydrogen-bond acceptors (Lipinski definition) is 5. The van der Waals surface area contributed by atoms with Gasteiger partial charge >= 0.3 is 0 Å². The molecule has 0 aliphatic heterocycles. The van der Waals surface area contributed by atoms with E-state index < -0.39 is 0 Å². The second kappa shape index (κ2) is 10.1. The first kappa shape index (κ1) is 23.4. The number of amides is 1. The first-order valence-corrected chi connectivity index (χ1v) is 11.8. The maximum absolute atomic E-state index is 12.7. The molecule has 1 amide bonds. The van der Waals surface area contributed by atoms with Crippen LogP contribution < -0.4 is 20.8 Å². The van der Waals surface area contributed by atoms with Gasteiger partial charge in [0, 0.05) is 40.6 Å². The molecule has 0 spiro atoms. The van der Waals surface area contributed by atoms with Crippen LogP contribution in [-0.4, -0.2) is 35.5 Å². The zero-order chi connectivity index (χ0) is 25.1. The molecule has 0 aliphatic carbocycles. The molecule has 0 saturated heterocycles. The van der Waals surface area contributed by atoms with E-state index in [1.165, 1.54) is 0 Å². The highest BCUT2D eigenvalue weighted by Crippen LogP contribution is 2.28. The maximum atomic E-state index is 12.7. The van der Waals surface area contributed by atoms with Crippen LogP contribution in [0.2, 0.25) is 5.02 Å². The number of fused-ring (bicyclic) bond motifs is 1. The van der Waals surface area contributed by atoms with Gasteiger partial charge in [0.15, 0.2) is 5.65 Å². The molecule has 0 fully saturated rings. The zero-order valence-corrected chi connectivity index (χ0v) is 20.6. The first-order valence-electron chi connectivity index (χ1n) is 11.4. The minimum Gasteiger partial charge on any atom is -0.497 e. The van der Waals surface area contributed by atoms with Gasteiger partial charge in [0.05, 0.1) is 12.8 Å². The number of carbonyl (C=O) groups is 1. The van der Waals surface area contributed by atoms with Crippen LogP contribution in [0.5, 0.6) is 5.75 Å². The Hall–Kier alpha value is -4.30. The molecular weight excluding hydrogens is 473 g/mol. The number of nitrogens with one attached hydrogen (secondary N) is 2. The van der Waals surface area contributed by atoms with Crippen LogP contribution in [0.4, 0.5) is 11.5 Å². The highest BCUT2D eigenvalue weighted by atomic mass is 35.5. The second-order valence-electron chi connectivity index (χ2n) is 8.31. The predicted molar refractivity (Wildman–Crippen MR) is 146 cm³/mol. The van der Waals surface area contributed by atoms with Crippen molar-refractivity contribution in [2.24, 2.45) is 0 Å². The van der Waals surface area contributed by atoms with Crippen LogP contribution in [0.1, 0.15) is 15.9 Å². The van der Waals surface area contributed by atoms with Crippen molar-refractivity contribution in [2.75, 3.05) is 17.7 Å². The van der Waals surface area contributed by atoms with Crippen molar-refractivity contribution in [1.82, 2.24) is 14.6 Å². The van der Waals surface area contributed by atoms with Gasteiger partial charge in [-0.15, -0.1) is 0 Å². The fourth-order valence-corrected chi connectivity index (χ4v) is 4.14. The Balaban J connectivity index is 1.36. The van der Waals surface area contributed by atoms with Gasteiger partial charge < -0.3 is 15.4 Å². The van der Waals surface area contributed by atoms with Crippen LogP contribution in [0.3, 0.4) is 0 Å². The molecule has 5 aromatic rings. The maximum Gasteiger partial charge on any atom is 0.255 e. The Labute approximate surface area is 214 Å². The number of carbonyl (C=O) groups excluding carboxylic acids is 1. The topological polar surface area (TPSA) is 80.5 Å². The molecule has 0 saturated carbocycles. The van der Waals surface area contributed by atoms with Crippen molar-refractivity contribution in [3.63, 3.8) is 0 Å². The molecule has 36 heavy (non-hydrogen) atoms. The largest absolute Gasteiger partial charge is 0.497 e. The molecule has 2 aromatic heterocycles. The van der Waals surface area contributed by atoms with Crippen LogP contribution in [0.25, 0.3) is 16.9 Å². The standard InChI is InChI=1S/C27H23BClN5O2/c1-36-20-11-9-18(10-12-20)27(35)32-19-6-4-5-17(13-19)15-30-25-14-24(21-7-2-3-8-23(21)29)33-26-22(28)16-31-34(25)26/h2-14,16,30H,15,28H2,1H3,(H,32,35). The minimum atomic E-state index is -0.185. The SMILES string of the molecule is Bc1cnn2c(NCc3cccc(NC(=O)c4ccc(OC)cc4)c3)cc(-c3ccccc3Cl)nc12. The number of hydrogen-bond donors (Lipinski definition) is 2. The second-order valence-corrected chi connectivity index (χ2v) is 8.71. The van der Waals surface area contributed by atoms with Crippen LogP contribution in [0, 0.1) is 0 Å². The van der Waals surface area contributed by atoms with E-state index in [0.717, 1.165) is 33.7 Å². The molecule has 5 rings (SSSR count). The fraction of sp³-hybridized carbons (Fsp3) is 0.0741. The summed E-state index contributed by atoms with van der Waals surface area (Å²) in [7, 11) is 3.57. The van der Waals surface area contributed by atoms with Gasteiger partial charge in [-0.3, -0.25) is 4.79 Å². The number of anilines is 2. The van der Waals surface area contributed by atoms with Gasteiger partial charge in [0.1, 0.15) is 19.4 Å². The lowest BCUT2D eigenvalue weighted by Crippen LogP contribution is -2.12. The summed E-state index contributed by atoms with van der Waals surface area (Å²) in [5, 5.41) is 11.5. The third-order valence-corrected chi connectivity index (χ3v) is 6.14. The number of aromatic nitrogens is 3. The number of rotatable bonds is 7. The summed E-state index contributed by atoms with van der Waals surface area (Å²) in [5.41, 5.74) is 5.61. The highest BCUT2D eigenvalue weighted by molar-refractivity contribution is 6.36. The van der Waals surface area contributed by atoms with Crippen molar-refractivity contribution in [3.05, 3.63) is 101 Å². The van der Waals surface area contributed by atoms with Crippen molar-refractivity contribution in [1.29, 1.82) is 0 Å². The van der Waals surface area contributed by atoms with E-state index in [9.17, 15) is 4.79 Å². The van der Waals surface area contributed by atoms with Crippen LogP contribution >= 0.6 is 11.6 Å². The van der Waals surface area contributed by atoms with E-state index in [2.05, 4.69) is 15.7 Å². The molecule has 7 nitrogen and oxygen atoms in total. The average Bonchev–Trinajstić information content (AvgIpc) is 3.28. The monoisotopic (exact) mass is 495 g/mol. The van der Waals surface area contributed by atoms with Gasteiger partial charge in [0.25, 0.3) is 5.91 Å². The number of benzene rings is 3. The first-order chi connectivity index (χ1) is 17.5. The van der Waals surface area contributed by atoms with E-state index in [4.69, 9.17) is 21.3 Å². The van der Waals surface area contributed by atoms with Crippen molar-refractivity contribution < 1.29 is 9.53 Å². The van der Waals surface area contributed by atoms with E-state index in [1.807, 2.05) is 62.4 Å². The summed E-state index contributed by atoms with van der Waals surface area (Å²) in [6.45, 7) is 0.520. The zero-order valence-electron chi connectivity index (χ0n) is 19.8. The molecule has 0 aliphatic rings. The molecular formula is C27H23BClN5O2. The third kappa shape index (κ3) is 4.90. The van der Waals surface area contributed by atoms with Crippen LogP contribution in [-0.2, 0) is 6.54 Å². The predicted octanol–water partition coefficient (Wildman–Crippen LogP) is 4.18. The third-order valence-electron chi connectivity index (χ3n) is 5.81. The summed E-state index contributed by atoms with van der Waals surface area (Å²) >= 11 is 6.44. The smallest absolute Gasteiger partial charge is 0.255 e. The number of halogens is 1. The van der Waals surface area contributed by atoms with Crippen molar-refractivity contribution in [3.8, 4) is 17.0 Å². The fourth-order valence-electron chi connectivity index (χ4n) is 3.90. The Morgan fingerprint density at radius 3 is 2.64 bits per heavy atom. The summed E-state index contributed by atoms with van der Waals surface area (Å²) in [6.07, 6.45) is 1.79. The lowest BCUT2D eigenvalue weighted by Gasteiger charge is -2.13. The van der Waals surface area contributed by atoms with E-state index >= 15 is 0 Å². The summed E-state index contributed by atoms with van der Waals surface area (Å²) in [5.74, 6) is 1.31. The Morgan fingerprint density at radius 1 is 1.06 bits per heavy atom. The average molecular weight is 496 g/mol. The van der Waals surface area contributed by atoms with Gasteiger partial charge in [-0.2, -0.15) is 9.61 Å². The molecule has 0 bridgehead atoms. The number of nitrogens with zero attached hydrogens (tertiary/aromatic N) is 3. The van der Waals surface area contributed by atoms with Crippen molar-refractivity contribution in [2.45, 2.75) is 6.54 Å². The minimum absolute atomic E-state index is 0.185. The number of ether oxygens (including phenoxy) is 1. The number of methoxy groups -OCH3 is 1. The van der Waals surface area contributed by atoms with E-state index in [1.54, 1.807) is 42.1 Å². The summed E-state index contributed by atoms with van der Waals surface area (Å²) in [6, 6.07) is 24.3. The van der Waals surface area contributed by atoms with Gasteiger partial charge in [-0.1, -0.05) is 41.9 Å². The molecule has 3 aromatic carbocycles. The lowest BCUT2D eigenvalue weighted by molar-refractivity contribution is 0.102. The Morgan fingerprint density at radius 2 is 1.86 bits per heavy atom. The molecule has 2 N–H and O–H groups in total.